The van der Waals surface area contributed by atoms with Crippen molar-refractivity contribution >= 4 is 17.6 Å². The van der Waals surface area contributed by atoms with E-state index >= 15 is 0 Å². The molecule has 1 amide bonds. The van der Waals surface area contributed by atoms with Gasteiger partial charge in [-0.15, -0.1) is 0 Å². The van der Waals surface area contributed by atoms with Crippen LogP contribution in [0.25, 0.3) is 0 Å². The molecule has 1 heterocycles. The van der Waals surface area contributed by atoms with E-state index in [0.29, 0.717) is 31.0 Å². The zero-order chi connectivity index (χ0) is 19.2. The Bertz CT molecular complexity index is 799. The number of carboxylic acids is 1. The van der Waals surface area contributed by atoms with Crippen LogP contribution in [0.4, 0.5) is 5.69 Å². The van der Waals surface area contributed by atoms with Crippen molar-refractivity contribution in [3.05, 3.63) is 59.7 Å². The summed E-state index contributed by atoms with van der Waals surface area (Å²) < 4.78 is 5.48. The first kappa shape index (κ1) is 18.8. The molecule has 0 aliphatic carbocycles. The number of carbonyl (C=O) groups excluding carboxylic acids is 1. The fourth-order valence-electron chi connectivity index (χ4n) is 3.16. The van der Waals surface area contributed by atoms with Crippen LogP contribution in [0.5, 0.6) is 5.75 Å². The lowest BCUT2D eigenvalue weighted by atomic mass is 10.1. The Labute approximate surface area is 159 Å². The van der Waals surface area contributed by atoms with Crippen LogP contribution in [0.3, 0.4) is 0 Å². The smallest absolute Gasteiger partial charge is 0.339 e. The van der Waals surface area contributed by atoms with Crippen LogP contribution < -0.4 is 9.64 Å². The van der Waals surface area contributed by atoms with E-state index in [4.69, 9.17) is 4.74 Å². The first-order valence-electron chi connectivity index (χ1n) is 9.19. The molecule has 6 heteroatoms. The lowest BCUT2D eigenvalue weighted by Crippen LogP contribution is -2.48. The van der Waals surface area contributed by atoms with Gasteiger partial charge in [-0.3, -0.25) is 4.79 Å². The largest absolute Gasteiger partial charge is 0.493 e. The number of rotatable bonds is 6. The van der Waals surface area contributed by atoms with E-state index in [-0.39, 0.29) is 11.5 Å². The second kappa shape index (κ2) is 8.58. The molecule has 27 heavy (non-hydrogen) atoms. The van der Waals surface area contributed by atoms with Crippen molar-refractivity contribution in [3.63, 3.8) is 0 Å². The van der Waals surface area contributed by atoms with Crippen LogP contribution in [-0.4, -0.2) is 54.7 Å². The Morgan fingerprint density at radius 3 is 2.37 bits per heavy atom. The zero-order valence-electron chi connectivity index (χ0n) is 15.4. The Morgan fingerprint density at radius 2 is 1.74 bits per heavy atom. The molecule has 6 nitrogen and oxygen atoms in total. The molecule has 0 saturated carbocycles. The van der Waals surface area contributed by atoms with E-state index in [1.807, 2.05) is 25.1 Å². The number of hydrogen-bond acceptors (Lipinski definition) is 4. The van der Waals surface area contributed by atoms with Crippen molar-refractivity contribution in [2.45, 2.75) is 13.3 Å². The van der Waals surface area contributed by atoms with Crippen LogP contribution in [-0.2, 0) is 0 Å². The minimum Gasteiger partial charge on any atom is -0.493 e. The van der Waals surface area contributed by atoms with Crippen molar-refractivity contribution in [3.8, 4) is 5.75 Å². The Hall–Kier alpha value is -3.02. The van der Waals surface area contributed by atoms with Crippen LogP contribution in [0.2, 0.25) is 0 Å². The van der Waals surface area contributed by atoms with Crippen molar-refractivity contribution in [1.29, 1.82) is 0 Å². The second-order valence-electron chi connectivity index (χ2n) is 6.48. The van der Waals surface area contributed by atoms with Gasteiger partial charge in [-0.05, 0) is 36.8 Å². The van der Waals surface area contributed by atoms with Gasteiger partial charge in [0.1, 0.15) is 11.3 Å². The normalized spacial score (nSPS) is 14.1. The van der Waals surface area contributed by atoms with E-state index in [9.17, 15) is 14.7 Å². The van der Waals surface area contributed by atoms with Gasteiger partial charge in [0.05, 0.1) is 6.61 Å². The average molecular weight is 368 g/mol. The van der Waals surface area contributed by atoms with Crippen molar-refractivity contribution in [2.24, 2.45) is 0 Å². The molecule has 1 saturated heterocycles. The third-order valence-corrected chi connectivity index (χ3v) is 4.61. The first-order valence-corrected chi connectivity index (χ1v) is 9.19. The minimum atomic E-state index is -1.09. The number of aromatic carboxylic acids is 1. The summed E-state index contributed by atoms with van der Waals surface area (Å²) >= 11 is 0. The summed E-state index contributed by atoms with van der Waals surface area (Å²) in [5.41, 5.74) is 1.55. The molecule has 2 aromatic rings. The summed E-state index contributed by atoms with van der Waals surface area (Å²) in [4.78, 5) is 28.4. The number of para-hydroxylation sites is 1. The molecule has 1 fully saturated rings. The number of hydrogen-bond donors (Lipinski definition) is 1. The minimum absolute atomic E-state index is 0.0252. The molecule has 1 aliphatic rings. The molecular weight excluding hydrogens is 344 g/mol. The molecule has 2 aromatic carbocycles. The number of benzene rings is 2. The quantitative estimate of drug-likeness (QED) is 0.848. The maximum absolute atomic E-state index is 12.8. The van der Waals surface area contributed by atoms with Gasteiger partial charge in [0.25, 0.3) is 5.91 Å². The van der Waals surface area contributed by atoms with Gasteiger partial charge < -0.3 is 19.6 Å². The molecule has 0 aromatic heterocycles. The van der Waals surface area contributed by atoms with Gasteiger partial charge in [0.15, 0.2) is 0 Å². The molecule has 0 spiro atoms. The SMILES string of the molecule is CCCOc1ccc(C(=O)N2CCN(c3ccccc3)CC2)cc1C(=O)O. The molecule has 0 unspecified atom stereocenters. The maximum atomic E-state index is 12.8. The highest BCUT2D eigenvalue weighted by atomic mass is 16.5. The number of ether oxygens (including phenoxy) is 1. The molecule has 1 aliphatic heterocycles. The van der Waals surface area contributed by atoms with Crippen molar-refractivity contribution < 1.29 is 19.4 Å². The van der Waals surface area contributed by atoms with E-state index in [2.05, 4.69) is 17.0 Å². The number of nitrogens with zero attached hydrogens (tertiary/aromatic N) is 2. The van der Waals surface area contributed by atoms with Gasteiger partial charge in [-0.2, -0.15) is 0 Å². The first-order chi connectivity index (χ1) is 13.1. The van der Waals surface area contributed by atoms with Crippen LogP contribution in [0, 0.1) is 0 Å². The fraction of sp³-hybridized carbons (Fsp3) is 0.333. The predicted octanol–water partition coefficient (Wildman–Crippen LogP) is 3.14. The van der Waals surface area contributed by atoms with Gasteiger partial charge in [-0.25, -0.2) is 4.79 Å². The summed E-state index contributed by atoms with van der Waals surface area (Å²) in [6.45, 7) is 5.09. The van der Waals surface area contributed by atoms with Crippen LogP contribution in [0.1, 0.15) is 34.1 Å². The summed E-state index contributed by atoms with van der Waals surface area (Å²) in [6, 6.07) is 14.7. The molecule has 1 N–H and O–H groups in total. The molecule has 142 valence electrons. The Morgan fingerprint density at radius 1 is 1.04 bits per heavy atom. The average Bonchev–Trinajstić information content (AvgIpc) is 2.72. The lowest BCUT2D eigenvalue weighted by Gasteiger charge is -2.36. The third-order valence-electron chi connectivity index (χ3n) is 4.61. The summed E-state index contributed by atoms with van der Waals surface area (Å²) in [6.07, 6.45) is 0.783. The van der Waals surface area contributed by atoms with Crippen molar-refractivity contribution in [2.75, 3.05) is 37.7 Å². The van der Waals surface area contributed by atoms with Gasteiger partial charge in [0, 0.05) is 37.4 Å². The molecule has 0 bridgehead atoms. The predicted molar refractivity (Wildman–Crippen MR) is 104 cm³/mol. The number of amides is 1. The van der Waals surface area contributed by atoms with E-state index in [1.54, 1.807) is 17.0 Å². The highest BCUT2D eigenvalue weighted by Crippen LogP contribution is 2.23. The topological polar surface area (TPSA) is 70.1 Å². The van der Waals surface area contributed by atoms with E-state index < -0.39 is 5.97 Å². The number of piperazine rings is 1. The summed E-state index contributed by atoms with van der Waals surface area (Å²) in [7, 11) is 0. The number of carboxylic acid groups (broad SMARTS) is 1. The highest BCUT2D eigenvalue weighted by molar-refractivity contribution is 5.99. The highest BCUT2D eigenvalue weighted by Gasteiger charge is 2.24. The Kier molecular flexibility index (Phi) is 5.96. The van der Waals surface area contributed by atoms with Gasteiger partial charge in [-0.1, -0.05) is 25.1 Å². The summed E-state index contributed by atoms with van der Waals surface area (Å²) in [5, 5.41) is 9.43. The van der Waals surface area contributed by atoms with E-state index in [0.717, 1.165) is 25.2 Å². The number of carbonyl (C=O) groups is 2. The molecule has 0 atom stereocenters. The van der Waals surface area contributed by atoms with Gasteiger partial charge in [0.2, 0.25) is 0 Å². The maximum Gasteiger partial charge on any atom is 0.339 e. The fourth-order valence-corrected chi connectivity index (χ4v) is 3.16. The second-order valence-corrected chi connectivity index (χ2v) is 6.48. The monoisotopic (exact) mass is 368 g/mol. The standard InChI is InChI=1S/C21H24N2O4/c1-2-14-27-19-9-8-16(15-18(19)21(25)26)20(24)23-12-10-22(11-13-23)17-6-4-3-5-7-17/h3-9,15H,2,10-14H2,1H3,(H,25,26). The van der Waals surface area contributed by atoms with Gasteiger partial charge >= 0.3 is 5.97 Å². The number of anilines is 1. The van der Waals surface area contributed by atoms with Crippen LogP contribution >= 0.6 is 0 Å². The van der Waals surface area contributed by atoms with Crippen LogP contribution in [0.15, 0.2) is 48.5 Å². The molecule has 0 radical (unpaired) electrons. The zero-order valence-corrected chi connectivity index (χ0v) is 15.4. The molecular formula is C21H24N2O4. The Balaban J connectivity index is 1.69. The van der Waals surface area contributed by atoms with E-state index in [1.165, 1.54) is 6.07 Å². The summed E-state index contributed by atoms with van der Waals surface area (Å²) in [5.74, 6) is -0.938. The molecule has 3 rings (SSSR count). The third kappa shape index (κ3) is 4.39. The van der Waals surface area contributed by atoms with Crippen molar-refractivity contribution in [1.82, 2.24) is 4.90 Å². The lowest BCUT2D eigenvalue weighted by molar-refractivity contribution is 0.0692.